The Kier molecular flexibility index (Phi) is 2.24. The first-order valence-corrected chi connectivity index (χ1v) is 3.62. The van der Waals surface area contributed by atoms with Crippen LogP contribution in [0.4, 0.5) is 0 Å². The number of Topliss-reactive ketones (excluding diaryl/α,β-unsaturated/α-hetero) is 1. The third-order valence-electron chi connectivity index (χ3n) is 1.77. The van der Waals surface area contributed by atoms with E-state index < -0.39 is 12.0 Å². The smallest absolute Gasteiger partial charge is 0.320 e. The van der Waals surface area contributed by atoms with Crippen molar-refractivity contribution in [3.63, 3.8) is 0 Å². The van der Waals surface area contributed by atoms with Gasteiger partial charge in [-0.15, -0.1) is 0 Å². The number of carbonyl (C=O) groups excluding carboxylic acids is 1. The van der Waals surface area contributed by atoms with E-state index in [9.17, 15) is 9.59 Å². The van der Waals surface area contributed by atoms with Crippen molar-refractivity contribution >= 4 is 11.8 Å². The number of hydrogen-bond donors (Lipinski definition) is 2. The summed E-state index contributed by atoms with van der Waals surface area (Å²) in [4.78, 5) is 21.2. The van der Waals surface area contributed by atoms with Crippen molar-refractivity contribution in [1.29, 1.82) is 0 Å². The predicted molar refractivity (Wildman–Crippen MR) is 38.0 cm³/mol. The monoisotopic (exact) mass is 157 g/mol. The van der Waals surface area contributed by atoms with Crippen LogP contribution in [0.15, 0.2) is 0 Å². The second kappa shape index (κ2) is 3.00. The molecular weight excluding hydrogens is 146 g/mol. The van der Waals surface area contributed by atoms with Crippen LogP contribution in [0.1, 0.15) is 19.3 Å². The molecule has 0 aromatic carbocycles. The topological polar surface area (TPSA) is 80.4 Å². The fraction of sp³-hybridized carbons (Fsp3) is 0.714. The zero-order valence-corrected chi connectivity index (χ0v) is 6.12. The van der Waals surface area contributed by atoms with Crippen molar-refractivity contribution in [1.82, 2.24) is 0 Å². The van der Waals surface area contributed by atoms with Crippen LogP contribution in [0.2, 0.25) is 0 Å². The van der Waals surface area contributed by atoms with Crippen LogP contribution >= 0.6 is 0 Å². The van der Waals surface area contributed by atoms with Crippen molar-refractivity contribution in [2.24, 2.45) is 11.7 Å². The van der Waals surface area contributed by atoms with E-state index in [2.05, 4.69) is 0 Å². The maximum Gasteiger partial charge on any atom is 0.320 e. The molecule has 0 aromatic rings. The molecule has 1 aliphatic carbocycles. The zero-order valence-electron chi connectivity index (χ0n) is 6.12. The molecule has 0 bridgehead atoms. The van der Waals surface area contributed by atoms with E-state index in [1.807, 2.05) is 0 Å². The molecule has 0 heterocycles. The number of carbonyl (C=O) groups is 2. The predicted octanol–water partition coefficient (Wildman–Crippen LogP) is -0.233. The van der Waals surface area contributed by atoms with Gasteiger partial charge in [0.25, 0.3) is 0 Å². The molecule has 0 amide bonds. The van der Waals surface area contributed by atoms with Gasteiger partial charge in [0.15, 0.2) is 0 Å². The Labute approximate surface area is 64.4 Å². The van der Waals surface area contributed by atoms with Gasteiger partial charge in [-0.1, -0.05) is 0 Å². The van der Waals surface area contributed by atoms with Gasteiger partial charge >= 0.3 is 5.97 Å². The molecule has 3 N–H and O–H groups in total. The molecule has 0 radical (unpaired) electrons. The summed E-state index contributed by atoms with van der Waals surface area (Å²) in [6, 6.07) is -1.01. The Morgan fingerprint density at radius 3 is 2.45 bits per heavy atom. The van der Waals surface area contributed by atoms with Crippen LogP contribution in [0, 0.1) is 5.92 Å². The normalized spacial score (nSPS) is 19.4. The first-order chi connectivity index (χ1) is 5.11. The molecule has 0 aromatic heterocycles. The quantitative estimate of drug-likeness (QED) is 0.590. The lowest BCUT2D eigenvalue weighted by atomic mass is 10.1. The lowest BCUT2D eigenvalue weighted by molar-refractivity contribution is -0.140. The maximum atomic E-state index is 11.0. The Bertz CT molecular complexity index is 186. The molecule has 4 nitrogen and oxygen atoms in total. The van der Waals surface area contributed by atoms with E-state index in [4.69, 9.17) is 10.8 Å². The number of carboxylic acids is 1. The van der Waals surface area contributed by atoms with Crippen molar-refractivity contribution in [3.05, 3.63) is 0 Å². The highest BCUT2D eigenvalue weighted by molar-refractivity contribution is 5.88. The van der Waals surface area contributed by atoms with Gasteiger partial charge in [0.1, 0.15) is 11.8 Å². The van der Waals surface area contributed by atoms with Gasteiger partial charge in [-0.25, -0.2) is 0 Å². The highest BCUT2D eigenvalue weighted by Gasteiger charge is 2.31. The third kappa shape index (κ3) is 2.31. The first-order valence-electron chi connectivity index (χ1n) is 3.62. The Morgan fingerprint density at radius 1 is 1.55 bits per heavy atom. The largest absolute Gasteiger partial charge is 0.480 e. The second-order valence-corrected chi connectivity index (χ2v) is 2.89. The Morgan fingerprint density at radius 2 is 2.09 bits per heavy atom. The maximum absolute atomic E-state index is 11.0. The van der Waals surface area contributed by atoms with E-state index in [0.29, 0.717) is 0 Å². The van der Waals surface area contributed by atoms with E-state index in [1.54, 1.807) is 0 Å². The van der Waals surface area contributed by atoms with Crippen molar-refractivity contribution in [3.8, 4) is 0 Å². The summed E-state index contributed by atoms with van der Waals surface area (Å²) in [5.74, 6) is -0.987. The number of ketones is 1. The SMILES string of the molecule is N[C@H](CC(=O)C1CC1)C(=O)O. The fourth-order valence-electron chi connectivity index (χ4n) is 0.876. The number of carboxylic acid groups (broad SMARTS) is 1. The number of nitrogens with two attached hydrogens (primary N) is 1. The molecule has 4 heteroatoms. The summed E-state index contributed by atoms with van der Waals surface area (Å²) in [6.07, 6.45) is 1.80. The average Bonchev–Trinajstić information content (AvgIpc) is 2.67. The van der Waals surface area contributed by atoms with Crippen molar-refractivity contribution in [2.75, 3.05) is 0 Å². The summed E-state index contributed by atoms with van der Waals surface area (Å²) < 4.78 is 0. The summed E-state index contributed by atoms with van der Waals surface area (Å²) in [6.45, 7) is 0. The summed E-state index contributed by atoms with van der Waals surface area (Å²) >= 11 is 0. The number of aliphatic carboxylic acids is 1. The van der Waals surface area contributed by atoms with Crippen molar-refractivity contribution in [2.45, 2.75) is 25.3 Å². The number of rotatable bonds is 4. The molecule has 1 saturated carbocycles. The van der Waals surface area contributed by atoms with Gasteiger partial charge in [-0.05, 0) is 12.8 Å². The molecule has 1 rings (SSSR count). The summed E-state index contributed by atoms with van der Waals surface area (Å²) in [5, 5.41) is 8.36. The Hall–Kier alpha value is -0.900. The second-order valence-electron chi connectivity index (χ2n) is 2.89. The molecule has 0 unspecified atom stereocenters. The lowest BCUT2D eigenvalue weighted by Gasteiger charge is -2.02. The minimum absolute atomic E-state index is 0.0000926. The van der Waals surface area contributed by atoms with Crippen LogP contribution in [0.25, 0.3) is 0 Å². The van der Waals surface area contributed by atoms with Gasteiger partial charge < -0.3 is 10.8 Å². The molecular formula is C7H11NO3. The summed E-state index contributed by atoms with van der Waals surface area (Å²) in [7, 11) is 0. The van der Waals surface area contributed by atoms with Gasteiger partial charge in [-0.2, -0.15) is 0 Å². The number of hydrogen-bond acceptors (Lipinski definition) is 3. The van der Waals surface area contributed by atoms with Gasteiger partial charge in [0, 0.05) is 12.3 Å². The first kappa shape index (κ1) is 8.20. The van der Waals surface area contributed by atoms with Crippen LogP contribution in [0.5, 0.6) is 0 Å². The zero-order chi connectivity index (χ0) is 8.43. The molecule has 1 atom stereocenters. The van der Waals surface area contributed by atoms with Crippen LogP contribution in [-0.4, -0.2) is 22.9 Å². The van der Waals surface area contributed by atoms with E-state index in [1.165, 1.54) is 0 Å². The lowest BCUT2D eigenvalue weighted by Crippen LogP contribution is -2.32. The average molecular weight is 157 g/mol. The molecule has 0 saturated heterocycles. The third-order valence-corrected chi connectivity index (χ3v) is 1.77. The van der Waals surface area contributed by atoms with Crippen LogP contribution < -0.4 is 5.73 Å². The molecule has 62 valence electrons. The van der Waals surface area contributed by atoms with Gasteiger partial charge in [0.05, 0.1) is 0 Å². The highest BCUT2D eigenvalue weighted by atomic mass is 16.4. The standard InChI is InChI=1S/C7H11NO3/c8-5(7(10)11)3-6(9)4-1-2-4/h4-5H,1-3,8H2,(H,10,11)/t5-/m1/s1. The van der Waals surface area contributed by atoms with Crippen molar-refractivity contribution < 1.29 is 14.7 Å². The molecule has 0 spiro atoms. The summed E-state index contributed by atoms with van der Waals surface area (Å²) in [5.41, 5.74) is 5.16. The molecule has 1 fully saturated rings. The van der Waals surface area contributed by atoms with Crippen LogP contribution in [0.3, 0.4) is 0 Å². The van der Waals surface area contributed by atoms with E-state index in [0.717, 1.165) is 12.8 Å². The molecule has 0 aliphatic heterocycles. The molecule has 1 aliphatic rings. The minimum atomic E-state index is -1.10. The van der Waals surface area contributed by atoms with Crippen LogP contribution in [-0.2, 0) is 9.59 Å². The Balaban J connectivity index is 2.28. The molecule has 11 heavy (non-hydrogen) atoms. The van der Waals surface area contributed by atoms with E-state index in [-0.39, 0.29) is 18.1 Å². The van der Waals surface area contributed by atoms with Gasteiger partial charge in [0.2, 0.25) is 0 Å². The highest BCUT2D eigenvalue weighted by Crippen LogP contribution is 2.30. The fourth-order valence-corrected chi connectivity index (χ4v) is 0.876. The van der Waals surface area contributed by atoms with Gasteiger partial charge in [-0.3, -0.25) is 9.59 Å². The van der Waals surface area contributed by atoms with E-state index >= 15 is 0 Å². The minimum Gasteiger partial charge on any atom is -0.480 e.